The van der Waals surface area contributed by atoms with Gasteiger partial charge in [-0.3, -0.25) is 19.7 Å². The van der Waals surface area contributed by atoms with Gasteiger partial charge in [-0.25, -0.2) is 0 Å². The molecule has 146 valence electrons. The molecule has 0 aromatic heterocycles. The van der Waals surface area contributed by atoms with Crippen molar-refractivity contribution in [3.63, 3.8) is 0 Å². The number of amides is 3. The average molecular weight is 373 g/mol. The first-order valence-corrected chi connectivity index (χ1v) is 9.89. The number of rotatable bonds is 4. The summed E-state index contributed by atoms with van der Waals surface area (Å²) in [6.45, 7) is 4.03. The molecule has 7 heteroatoms. The predicted octanol–water partition coefficient (Wildman–Crippen LogP) is 1.01. The minimum atomic E-state index is -0.613. The zero-order valence-electron chi connectivity index (χ0n) is 15.8. The van der Waals surface area contributed by atoms with E-state index >= 15 is 0 Å². The fourth-order valence-electron chi connectivity index (χ4n) is 4.44. The molecule has 2 unspecified atom stereocenters. The summed E-state index contributed by atoms with van der Waals surface area (Å²) in [5.74, 6) is 0.148. The summed E-state index contributed by atoms with van der Waals surface area (Å²) < 4.78 is 6.00. The largest absolute Gasteiger partial charge is 0.492 e. The van der Waals surface area contributed by atoms with Gasteiger partial charge in [0.05, 0.1) is 5.41 Å². The van der Waals surface area contributed by atoms with Crippen LogP contribution in [0.5, 0.6) is 0 Å². The number of ether oxygens (including phenoxy) is 1. The monoisotopic (exact) mass is 373 g/mol. The van der Waals surface area contributed by atoms with E-state index in [2.05, 4.69) is 10.6 Å². The average Bonchev–Trinajstić information content (AvgIpc) is 2.92. The van der Waals surface area contributed by atoms with Crippen LogP contribution in [-0.2, 0) is 19.1 Å². The van der Waals surface area contributed by atoms with Crippen LogP contribution in [0.2, 0.25) is 0 Å². The molecule has 3 aliphatic heterocycles. The third-order valence-electron chi connectivity index (χ3n) is 6.26. The van der Waals surface area contributed by atoms with Crippen molar-refractivity contribution in [2.75, 3.05) is 19.7 Å². The standard InChI is InChI=1S/C20H27N3O4/c1-20-8-7-15(27-12-14-4-2-3-9-21-14)10-13(20)11-23(19(20)26)16-5-6-17(24)22-18(16)25/h7,10,14,16,21H,2-6,8-9,11-12H2,1H3,(H,22,24,25)/t14-,16?,20?/m1/s1. The molecule has 27 heavy (non-hydrogen) atoms. The summed E-state index contributed by atoms with van der Waals surface area (Å²) in [6, 6.07) is -0.175. The van der Waals surface area contributed by atoms with E-state index in [0.29, 0.717) is 32.0 Å². The number of hydrogen-bond donors (Lipinski definition) is 2. The Labute approximate surface area is 159 Å². The van der Waals surface area contributed by atoms with E-state index in [1.54, 1.807) is 4.90 Å². The summed E-state index contributed by atoms with van der Waals surface area (Å²) in [7, 11) is 0. The van der Waals surface area contributed by atoms with Gasteiger partial charge >= 0.3 is 0 Å². The highest BCUT2D eigenvalue weighted by Crippen LogP contribution is 2.44. The normalized spacial score (nSPS) is 34.0. The molecule has 0 spiro atoms. The van der Waals surface area contributed by atoms with Gasteiger partial charge in [0.15, 0.2) is 0 Å². The van der Waals surface area contributed by atoms with Gasteiger partial charge in [-0.2, -0.15) is 0 Å². The number of piperidine rings is 2. The first kappa shape index (κ1) is 18.2. The number of hydrogen-bond acceptors (Lipinski definition) is 5. The number of nitrogens with one attached hydrogen (secondary N) is 2. The summed E-state index contributed by atoms with van der Waals surface area (Å²) in [6.07, 6.45) is 8.78. The quantitative estimate of drug-likeness (QED) is 0.718. The molecule has 0 bridgehead atoms. The molecule has 3 amide bonds. The molecule has 4 aliphatic rings. The van der Waals surface area contributed by atoms with Gasteiger partial charge in [-0.05, 0) is 56.9 Å². The minimum absolute atomic E-state index is 0.0347. The molecule has 3 heterocycles. The van der Waals surface area contributed by atoms with Crippen molar-refractivity contribution >= 4 is 17.7 Å². The summed E-state index contributed by atoms with van der Waals surface area (Å²) in [4.78, 5) is 38.3. The highest BCUT2D eigenvalue weighted by Gasteiger charge is 2.51. The Morgan fingerprint density at radius 2 is 2.11 bits per heavy atom. The summed E-state index contributed by atoms with van der Waals surface area (Å²) in [5.41, 5.74) is 0.379. The smallest absolute Gasteiger partial charge is 0.249 e. The Hall–Kier alpha value is -2.15. The fraction of sp³-hybridized carbons (Fsp3) is 0.650. The van der Waals surface area contributed by atoms with E-state index in [4.69, 9.17) is 4.74 Å². The maximum absolute atomic E-state index is 13.0. The van der Waals surface area contributed by atoms with Crippen molar-refractivity contribution in [3.8, 4) is 0 Å². The van der Waals surface area contributed by atoms with Crippen LogP contribution in [0.3, 0.4) is 0 Å². The van der Waals surface area contributed by atoms with E-state index < -0.39 is 11.5 Å². The SMILES string of the molecule is CC12CC=C(OC[C@H]3CCCCN3)C=C1CN(C1CCC(=O)NC1=O)C2=O. The third-order valence-corrected chi connectivity index (χ3v) is 6.26. The maximum atomic E-state index is 13.0. The van der Waals surface area contributed by atoms with Crippen molar-refractivity contribution in [1.82, 2.24) is 15.5 Å². The van der Waals surface area contributed by atoms with Gasteiger partial charge in [-0.1, -0.05) is 6.42 Å². The molecular weight excluding hydrogens is 346 g/mol. The third kappa shape index (κ3) is 3.40. The first-order valence-electron chi connectivity index (χ1n) is 9.89. The van der Waals surface area contributed by atoms with Gasteiger partial charge in [0, 0.05) is 19.0 Å². The van der Waals surface area contributed by atoms with Crippen molar-refractivity contribution in [2.45, 2.75) is 57.5 Å². The lowest BCUT2D eigenvalue weighted by molar-refractivity contribution is -0.146. The van der Waals surface area contributed by atoms with Gasteiger partial charge in [-0.15, -0.1) is 0 Å². The van der Waals surface area contributed by atoms with Crippen molar-refractivity contribution in [2.24, 2.45) is 5.41 Å². The van der Waals surface area contributed by atoms with Crippen molar-refractivity contribution in [1.29, 1.82) is 0 Å². The van der Waals surface area contributed by atoms with Crippen LogP contribution in [0.4, 0.5) is 0 Å². The van der Waals surface area contributed by atoms with Gasteiger partial charge in [0.2, 0.25) is 17.7 Å². The highest BCUT2D eigenvalue weighted by atomic mass is 16.5. The van der Waals surface area contributed by atoms with E-state index in [0.717, 1.165) is 24.3 Å². The topological polar surface area (TPSA) is 87.7 Å². The number of imide groups is 1. The molecule has 3 fully saturated rings. The zero-order chi connectivity index (χ0) is 19.0. The van der Waals surface area contributed by atoms with E-state index in [1.807, 2.05) is 19.1 Å². The van der Waals surface area contributed by atoms with Crippen LogP contribution in [0.25, 0.3) is 0 Å². The van der Waals surface area contributed by atoms with Crippen molar-refractivity contribution in [3.05, 3.63) is 23.5 Å². The second-order valence-electron chi connectivity index (χ2n) is 8.17. The molecule has 3 atom stereocenters. The first-order chi connectivity index (χ1) is 13.0. The maximum Gasteiger partial charge on any atom is 0.249 e. The lowest BCUT2D eigenvalue weighted by Gasteiger charge is -2.31. The number of nitrogens with zero attached hydrogens (tertiary/aromatic N) is 1. The minimum Gasteiger partial charge on any atom is -0.492 e. The van der Waals surface area contributed by atoms with Crippen LogP contribution < -0.4 is 10.6 Å². The Kier molecular flexibility index (Phi) is 4.80. The molecule has 2 N–H and O–H groups in total. The van der Waals surface area contributed by atoms with Crippen LogP contribution in [0.1, 0.15) is 45.4 Å². The van der Waals surface area contributed by atoms with Crippen LogP contribution in [0, 0.1) is 5.41 Å². The highest BCUT2D eigenvalue weighted by molar-refractivity contribution is 6.03. The molecule has 0 aromatic rings. The van der Waals surface area contributed by atoms with E-state index in [-0.39, 0.29) is 24.1 Å². The number of carbonyl (C=O) groups is 3. The van der Waals surface area contributed by atoms with E-state index in [9.17, 15) is 14.4 Å². The summed E-state index contributed by atoms with van der Waals surface area (Å²) >= 11 is 0. The number of allylic oxidation sites excluding steroid dienone is 2. The van der Waals surface area contributed by atoms with Gasteiger partial charge in [0.25, 0.3) is 0 Å². The molecule has 1 aliphatic carbocycles. The van der Waals surface area contributed by atoms with Gasteiger partial charge < -0.3 is 15.0 Å². The molecule has 7 nitrogen and oxygen atoms in total. The Balaban J connectivity index is 1.43. The molecule has 0 aromatic carbocycles. The number of carbonyl (C=O) groups excluding carboxylic acids is 3. The fourth-order valence-corrected chi connectivity index (χ4v) is 4.44. The second-order valence-corrected chi connectivity index (χ2v) is 8.17. The molecular formula is C20H27N3O4. The summed E-state index contributed by atoms with van der Waals surface area (Å²) in [5, 5.41) is 5.82. The Morgan fingerprint density at radius 3 is 2.85 bits per heavy atom. The van der Waals surface area contributed by atoms with Gasteiger partial charge in [0.1, 0.15) is 18.4 Å². The Morgan fingerprint density at radius 1 is 1.26 bits per heavy atom. The predicted molar refractivity (Wildman–Crippen MR) is 98.4 cm³/mol. The second kappa shape index (κ2) is 7.11. The van der Waals surface area contributed by atoms with Crippen LogP contribution >= 0.6 is 0 Å². The van der Waals surface area contributed by atoms with Crippen LogP contribution in [0.15, 0.2) is 23.5 Å². The van der Waals surface area contributed by atoms with Crippen LogP contribution in [-0.4, -0.2) is 54.4 Å². The number of likely N-dealkylation sites (tertiary alicyclic amines) is 1. The molecule has 3 saturated heterocycles. The lowest BCUT2D eigenvalue weighted by Crippen LogP contribution is -2.53. The van der Waals surface area contributed by atoms with E-state index in [1.165, 1.54) is 12.8 Å². The zero-order valence-corrected chi connectivity index (χ0v) is 15.8. The Bertz CT molecular complexity index is 723. The molecule has 0 saturated carbocycles. The lowest BCUT2D eigenvalue weighted by atomic mass is 9.78. The molecule has 0 radical (unpaired) electrons. The molecule has 4 rings (SSSR count). The number of fused-ring (bicyclic) bond motifs is 1. The van der Waals surface area contributed by atoms with Crippen molar-refractivity contribution < 1.29 is 19.1 Å².